The summed E-state index contributed by atoms with van der Waals surface area (Å²) in [6, 6.07) is 0. The molecule has 1 saturated heterocycles. The van der Waals surface area contributed by atoms with Crippen LogP contribution in [0.1, 0.15) is 19.8 Å². The highest BCUT2D eigenvalue weighted by Gasteiger charge is 2.38. The normalized spacial score (nSPS) is 21.9. The Hall–Kier alpha value is -0.130. The average molecular weight is 220 g/mol. The number of nitrogens with zero attached hydrogens (tertiary/aromatic N) is 1. The van der Waals surface area contributed by atoms with Crippen molar-refractivity contribution in [3.63, 3.8) is 0 Å². The van der Waals surface area contributed by atoms with Crippen molar-refractivity contribution in [3.05, 3.63) is 0 Å². The summed E-state index contributed by atoms with van der Waals surface area (Å²) in [5.41, 5.74) is 6.00. The van der Waals surface area contributed by atoms with E-state index in [1.54, 1.807) is 0 Å². The van der Waals surface area contributed by atoms with Gasteiger partial charge < -0.3 is 5.73 Å². The standard InChI is InChI=1S/C9H20N2O2S/c1-3-4-9(10)7-11(8-9)5-6-14(2,12)13/h3-8,10H2,1-2H3. The van der Waals surface area contributed by atoms with Crippen LogP contribution in [0.5, 0.6) is 0 Å². The van der Waals surface area contributed by atoms with Gasteiger partial charge >= 0.3 is 0 Å². The fraction of sp³-hybridized carbons (Fsp3) is 1.00. The molecule has 0 aromatic heterocycles. The topological polar surface area (TPSA) is 63.4 Å². The highest BCUT2D eigenvalue weighted by molar-refractivity contribution is 7.90. The Bertz CT molecular complexity index is 281. The van der Waals surface area contributed by atoms with Crippen molar-refractivity contribution < 1.29 is 8.42 Å². The molecule has 4 nitrogen and oxygen atoms in total. The van der Waals surface area contributed by atoms with Crippen LogP contribution < -0.4 is 5.73 Å². The molecular formula is C9H20N2O2S. The lowest BCUT2D eigenvalue weighted by atomic mass is 9.86. The molecule has 1 aliphatic rings. The van der Waals surface area contributed by atoms with Crippen LogP contribution in [0.2, 0.25) is 0 Å². The second-order valence-electron chi connectivity index (χ2n) is 4.45. The second kappa shape index (κ2) is 4.16. The Balaban J connectivity index is 2.22. The van der Waals surface area contributed by atoms with Crippen molar-refractivity contribution in [2.45, 2.75) is 25.3 Å². The van der Waals surface area contributed by atoms with Crippen molar-refractivity contribution in [3.8, 4) is 0 Å². The molecule has 1 rings (SSSR count). The number of rotatable bonds is 5. The largest absolute Gasteiger partial charge is 0.323 e. The molecule has 5 heteroatoms. The molecule has 0 unspecified atom stereocenters. The molecule has 0 spiro atoms. The van der Waals surface area contributed by atoms with Crippen LogP contribution in [0.15, 0.2) is 0 Å². The number of nitrogens with two attached hydrogens (primary N) is 1. The van der Waals surface area contributed by atoms with E-state index in [9.17, 15) is 8.42 Å². The minimum absolute atomic E-state index is 0.0494. The summed E-state index contributed by atoms with van der Waals surface area (Å²) in [5, 5.41) is 0. The zero-order valence-corrected chi connectivity index (χ0v) is 9.81. The molecule has 0 aromatic carbocycles. The first-order chi connectivity index (χ1) is 6.35. The first kappa shape index (κ1) is 11.9. The van der Waals surface area contributed by atoms with Gasteiger partial charge in [0.1, 0.15) is 9.84 Å². The SMILES string of the molecule is CCCC1(N)CN(CCS(C)(=O)=O)C1. The highest BCUT2D eigenvalue weighted by Crippen LogP contribution is 2.22. The molecule has 84 valence electrons. The summed E-state index contributed by atoms with van der Waals surface area (Å²) >= 11 is 0. The molecule has 1 fully saturated rings. The molecule has 1 aliphatic heterocycles. The van der Waals surface area contributed by atoms with Crippen LogP contribution >= 0.6 is 0 Å². The minimum Gasteiger partial charge on any atom is -0.323 e. The zero-order valence-electron chi connectivity index (χ0n) is 8.99. The van der Waals surface area contributed by atoms with E-state index in [1.165, 1.54) is 6.26 Å². The molecule has 0 radical (unpaired) electrons. The van der Waals surface area contributed by atoms with E-state index in [2.05, 4.69) is 11.8 Å². The third-order valence-electron chi connectivity index (χ3n) is 2.60. The second-order valence-corrected chi connectivity index (χ2v) is 6.71. The summed E-state index contributed by atoms with van der Waals surface area (Å²) in [6.45, 7) is 4.43. The van der Waals surface area contributed by atoms with Crippen LogP contribution in [0.4, 0.5) is 0 Å². The highest BCUT2D eigenvalue weighted by atomic mass is 32.2. The molecule has 0 aromatic rings. The maximum absolute atomic E-state index is 10.9. The van der Waals surface area contributed by atoms with E-state index >= 15 is 0 Å². The molecule has 1 heterocycles. The van der Waals surface area contributed by atoms with Crippen molar-refractivity contribution in [1.82, 2.24) is 4.90 Å². The number of likely N-dealkylation sites (tertiary alicyclic amines) is 1. The molecule has 0 amide bonds. The maximum atomic E-state index is 10.9. The summed E-state index contributed by atoms with van der Waals surface area (Å²) in [5.74, 6) is 0.245. The monoisotopic (exact) mass is 220 g/mol. The first-order valence-corrected chi connectivity index (χ1v) is 7.10. The van der Waals surface area contributed by atoms with Gasteiger partial charge in [0.15, 0.2) is 0 Å². The number of sulfone groups is 1. The summed E-state index contributed by atoms with van der Waals surface area (Å²) in [7, 11) is -2.83. The van der Waals surface area contributed by atoms with Gasteiger partial charge in [0.05, 0.1) is 5.75 Å². The Kier molecular flexibility index (Phi) is 3.55. The lowest BCUT2D eigenvalue weighted by Crippen LogP contribution is -2.67. The quantitative estimate of drug-likeness (QED) is 0.699. The molecule has 14 heavy (non-hydrogen) atoms. The predicted molar refractivity (Wildman–Crippen MR) is 58.0 cm³/mol. The van der Waals surface area contributed by atoms with E-state index in [-0.39, 0.29) is 11.3 Å². The fourth-order valence-electron chi connectivity index (χ4n) is 1.95. The lowest BCUT2D eigenvalue weighted by Gasteiger charge is -2.48. The molecule has 0 atom stereocenters. The van der Waals surface area contributed by atoms with E-state index < -0.39 is 9.84 Å². The van der Waals surface area contributed by atoms with Crippen LogP contribution in [0.3, 0.4) is 0 Å². The third-order valence-corrected chi connectivity index (χ3v) is 3.53. The Morgan fingerprint density at radius 1 is 1.43 bits per heavy atom. The van der Waals surface area contributed by atoms with E-state index in [0.717, 1.165) is 25.9 Å². The fourth-order valence-corrected chi connectivity index (χ4v) is 2.54. The summed E-state index contributed by atoms with van der Waals surface area (Å²) < 4.78 is 21.8. The molecule has 0 saturated carbocycles. The lowest BCUT2D eigenvalue weighted by molar-refractivity contribution is 0.0703. The van der Waals surface area contributed by atoms with E-state index in [4.69, 9.17) is 5.73 Å². The molecule has 0 aliphatic carbocycles. The van der Waals surface area contributed by atoms with Gasteiger partial charge in [-0.1, -0.05) is 13.3 Å². The van der Waals surface area contributed by atoms with Crippen molar-refractivity contribution >= 4 is 9.84 Å². The van der Waals surface area contributed by atoms with Crippen LogP contribution in [0.25, 0.3) is 0 Å². The van der Waals surface area contributed by atoms with Crippen molar-refractivity contribution in [2.24, 2.45) is 5.73 Å². The molecule has 0 bridgehead atoms. The Morgan fingerprint density at radius 2 is 2.00 bits per heavy atom. The van der Waals surface area contributed by atoms with Gasteiger partial charge in [0.25, 0.3) is 0 Å². The van der Waals surface area contributed by atoms with Crippen molar-refractivity contribution in [1.29, 1.82) is 0 Å². The minimum atomic E-state index is -2.83. The van der Waals surface area contributed by atoms with E-state index in [0.29, 0.717) is 6.54 Å². The smallest absolute Gasteiger partial charge is 0.148 e. The molecular weight excluding hydrogens is 200 g/mol. The summed E-state index contributed by atoms with van der Waals surface area (Å²) in [6.07, 6.45) is 3.40. The van der Waals surface area contributed by atoms with Crippen molar-refractivity contribution in [2.75, 3.05) is 31.6 Å². The van der Waals surface area contributed by atoms with Gasteiger partial charge in [-0.25, -0.2) is 8.42 Å². The van der Waals surface area contributed by atoms with E-state index in [1.807, 2.05) is 0 Å². The third kappa shape index (κ3) is 3.55. The zero-order chi connectivity index (χ0) is 10.8. The van der Waals surface area contributed by atoms with Gasteiger partial charge in [-0.05, 0) is 6.42 Å². The van der Waals surface area contributed by atoms with Gasteiger partial charge in [0.2, 0.25) is 0 Å². The Labute approximate surface area is 86.4 Å². The maximum Gasteiger partial charge on any atom is 0.148 e. The van der Waals surface area contributed by atoms with Gasteiger partial charge in [-0.3, -0.25) is 4.90 Å². The van der Waals surface area contributed by atoms with Crippen LogP contribution in [-0.2, 0) is 9.84 Å². The van der Waals surface area contributed by atoms with Gasteiger partial charge in [-0.15, -0.1) is 0 Å². The van der Waals surface area contributed by atoms with Gasteiger partial charge in [-0.2, -0.15) is 0 Å². The first-order valence-electron chi connectivity index (χ1n) is 5.04. The summed E-state index contributed by atoms with van der Waals surface area (Å²) in [4.78, 5) is 2.11. The Morgan fingerprint density at radius 3 is 2.43 bits per heavy atom. The predicted octanol–water partition coefficient (Wildman–Crippen LogP) is -0.156. The van der Waals surface area contributed by atoms with Crippen LogP contribution in [-0.4, -0.2) is 50.5 Å². The van der Waals surface area contributed by atoms with Gasteiger partial charge in [0, 0.05) is 31.4 Å². The van der Waals surface area contributed by atoms with Crippen LogP contribution in [0, 0.1) is 0 Å². The average Bonchev–Trinajstić information content (AvgIpc) is 1.95. The number of hydrogen-bond donors (Lipinski definition) is 1. The number of hydrogen-bond acceptors (Lipinski definition) is 4. The molecule has 2 N–H and O–H groups in total.